The van der Waals surface area contributed by atoms with Crippen LogP contribution in [0.15, 0.2) is 39.9 Å². The van der Waals surface area contributed by atoms with Crippen LogP contribution in [-0.4, -0.2) is 10.5 Å². The van der Waals surface area contributed by atoms with Gasteiger partial charge in [0.2, 0.25) is 0 Å². The van der Waals surface area contributed by atoms with E-state index in [1.807, 2.05) is 0 Å². The fourth-order valence-corrected chi connectivity index (χ4v) is 3.63. The van der Waals surface area contributed by atoms with Crippen molar-refractivity contribution in [2.24, 2.45) is 4.99 Å². The molecule has 3 rings (SSSR count). The molecule has 0 saturated carbocycles. The first-order valence-corrected chi connectivity index (χ1v) is 7.65. The van der Waals surface area contributed by atoms with E-state index in [2.05, 4.69) is 42.5 Å². The zero-order valence-electron chi connectivity index (χ0n) is 12.2. The average Bonchev–Trinajstić information content (AvgIpc) is 3.10. The van der Waals surface area contributed by atoms with Gasteiger partial charge in [-0.25, -0.2) is 0 Å². The predicted octanol–water partition coefficient (Wildman–Crippen LogP) is 3.67. The number of hydrogen-bond acceptors (Lipinski definition) is 3. The summed E-state index contributed by atoms with van der Waals surface area (Å²) in [6, 6.07) is 7.53. The quantitative estimate of drug-likeness (QED) is 0.725. The minimum absolute atomic E-state index is 0.267. The Bertz CT molecular complexity index is 870. The second-order valence-electron chi connectivity index (χ2n) is 4.90. The van der Waals surface area contributed by atoms with Crippen molar-refractivity contribution in [3.05, 3.63) is 52.2 Å². The number of thiazole rings is 1. The summed E-state index contributed by atoms with van der Waals surface area (Å²) in [5, 5.41) is 0. The molecule has 2 aromatic heterocycles. The molecule has 0 spiro atoms. The third-order valence-electron chi connectivity index (χ3n) is 3.47. The van der Waals surface area contributed by atoms with Crippen molar-refractivity contribution in [3.8, 4) is 0 Å². The van der Waals surface area contributed by atoms with Gasteiger partial charge in [0.05, 0.1) is 16.5 Å². The average molecular weight is 300 g/mol. The lowest BCUT2D eigenvalue weighted by atomic mass is 10.1. The van der Waals surface area contributed by atoms with E-state index >= 15 is 0 Å². The van der Waals surface area contributed by atoms with E-state index in [4.69, 9.17) is 4.42 Å². The number of aromatic nitrogens is 1. The van der Waals surface area contributed by atoms with Crippen LogP contribution in [-0.2, 0) is 6.54 Å². The molecule has 0 radical (unpaired) electrons. The molecule has 3 aromatic rings. The van der Waals surface area contributed by atoms with E-state index in [-0.39, 0.29) is 11.7 Å². The van der Waals surface area contributed by atoms with Crippen molar-refractivity contribution < 1.29 is 9.21 Å². The molecule has 0 fully saturated rings. The van der Waals surface area contributed by atoms with Gasteiger partial charge < -0.3 is 8.98 Å². The fraction of sp³-hybridized carbons (Fsp3) is 0.250. The topological polar surface area (TPSA) is 47.5 Å². The van der Waals surface area contributed by atoms with E-state index < -0.39 is 0 Å². The van der Waals surface area contributed by atoms with Crippen LogP contribution in [0, 0.1) is 13.8 Å². The number of amides is 1. The minimum atomic E-state index is -0.343. The van der Waals surface area contributed by atoms with Crippen LogP contribution in [0.1, 0.15) is 28.6 Å². The van der Waals surface area contributed by atoms with Crippen LogP contribution < -0.4 is 4.80 Å². The van der Waals surface area contributed by atoms with Gasteiger partial charge in [-0.05, 0) is 44.0 Å². The van der Waals surface area contributed by atoms with Crippen molar-refractivity contribution in [2.45, 2.75) is 27.3 Å². The van der Waals surface area contributed by atoms with Gasteiger partial charge in [0.25, 0.3) is 0 Å². The predicted molar refractivity (Wildman–Crippen MR) is 83.6 cm³/mol. The van der Waals surface area contributed by atoms with Crippen molar-refractivity contribution in [2.75, 3.05) is 0 Å². The first-order valence-electron chi connectivity index (χ1n) is 6.84. The minimum Gasteiger partial charge on any atom is -0.459 e. The lowest BCUT2D eigenvalue weighted by Crippen LogP contribution is -2.16. The highest BCUT2D eigenvalue weighted by molar-refractivity contribution is 7.16. The van der Waals surface area contributed by atoms with Crippen molar-refractivity contribution in [1.82, 2.24) is 4.57 Å². The number of carbonyl (C=O) groups is 1. The Hall–Kier alpha value is -2.14. The Labute approximate surface area is 126 Å². The van der Waals surface area contributed by atoms with Crippen molar-refractivity contribution in [1.29, 1.82) is 0 Å². The van der Waals surface area contributed by atoms with Crippen LogP contribution in [0.2, 0.25) is 0 Å². The highest BCUT2D eigenvalue weighted by Gasteiger charge is 2.12. The number of carbonyl (C=O) groups excluding carboxylic acids is 1. The number of nitrogens with zero attached hydrogens (tertiary/aromatic N) is 2. The molecule has 0 bridgehead atoms. The molecule has 108 valence electrons. The molecule has 1 aromatic carbocycles. The molecule has 0 aliphatic heterocycles. The molecule has 0 atom stereocenters. The van der Waals surface area contributed by atoms with E-state index in [1.165, 1.54) is 22.1 Å². The van der Waals surface area contributed by atoms with E-state index in [9.17, 15) is 4.79 Å². The van der Waals surface area contributed by atoms with Gasteiger partial charge in [-0.1, -0.05) is 23.5 Å². The Morgan fingerprint density at radius 2 is 2.05 bits per heavy atom. The molecule has 0 aliphatic rings. The molecule has 5 heteroatoms. The SMILES string of the molecule is CCn1c(=NC(=O)c2ccco2)sc2c(C)ccc(C)c21. The highest BCUT2D eigenvalue weighted by atomic mass is 32.1. The zero-order chi connectivity index (χ0) is 15.0. The molecular weight excluding hydrogens is 284 g/mol. The Morgan fingerprint density at radius 1 is 1.29 bits per heavy atom. The van der Waals surface area contributed by atoms with E-state index in [1.54, 1.807) is 23.5 Å². The van der Waals surface area contributed by atoms with E-state index in [0.717, 1.165) is 12.1 Å². The molecule has 21 heavy (non-hydrogen) atoms. The number of rotatable bonds is 2. The van der Waals surface area contributed by atoms with Crippen LogP contribution >= 0.6 is 11.3 Å². The summed E-state index contributed by atoms with van der Waals surface area (Å²) in [6.07, 6.45) is 1.48. The maximum atomic E-state index is 12.1. The third kappa shape index (κ3) is 2.34. The number of benzene rings is 1. The summed E-state index contributed by atoms with van der Waals surface area (Å²) in [7, 11) is 0. The van der Waals surface area contributed by atoms with Crippen LogP contribution in [0.4, 0.5) is 0 Å². The normalized spacial score (nSPS) is 12.2. The molecule has 0 unspecified atom stereocenters. The maximum absolute atomic E-state index is 12.1. The molecule has 2 heterocycles. The van der Waals surface area contributed by atoms with Gasteiger partial charge >= 0.3 is 5.91 Å². The molecule has 0 N–H and O–H groups in total. The summed E-state index contributed by atoms with van der Waals surface area (Å²) < 4.78 is 8.38. The summed E-state index contributed by atoms with van der Waals surface area (Å²) in [6.45, 7) is 6.99. The number of hydrogen-bond donors (Lipinski definition) is 0. The number of fused-ring (bicyclic) bond motifs is 1. The molecule has 1 amide bonds. The van der Waals surface area contributed by atoms with Gasteiger partial charge in [0.1, 0.15) is 0 Å². The molecule has 0 saturated heterocycles. The van der Waals surface area contributed by atoms with Gasteiger partial charge in [0, 0.05) is 6.54 Å². The fourth-order valence-electron chi connectivity index (χ4n) is 2.40. The van der Waals surface area contributed by atoms with Crippen LogP contribution in [0.5, 0.6) is 0 Å². The Kier molecular flexibility index (Phi) is 3.51. The monoisotopic (exact) mass is 300 g/mol. The lowest BCUT2D eigenvalue weighted by molar-refractivity contribution is 0.0971. The van der Waals surface area contributed by atoms with Crippen molar-refractivity contribution in [3.63, 3.8) is 0 Å². The Balaban J connectivity index is 2.26. The van der Waals surface area contributed by atoms with Gasteiger partial charge in [-0.15, -0.1) is 0 Å². The van der Waals surface area contributed by atoms with Crippen molar-refractivity contribution >= 4 is 27.5 Å². The third-order valence-corrected chi connectivity index (χ3v) is 4.68. The van der Waals surface area contributed by atoms with Crippen LogP contribution in [0.3, 0.4) is 0 Å². The largest absolute Gasteiger partial charge is 0.459 e. The summed E-state index contributed by atoms with van der Waals surface area (Å²) >= 11 is 1.55. The first kappa shape index (κ1) is 13.8. The Morgan fingerprint density at radius 3 is 2.71 bits per heavy atom. The standard InChI is InChI=1S/C16H16N2O2S/c1-4-18-13-10(2)7-8-11(3)14(13)21-16(18)17-15(19)12-6-5-9-20-12/h5-9H,4H2,1-3H3. The molecule has 4 nitrogen and oxygen atoms in total. The maximum Gasteiger partial charge on any atom is 0.315 e. The second kappa shape index (κ2) is 5.33. The number of aryl methyl sites for hydroxylation is 3. The highest BCUT2D eigenvalue weighted by Crippen LogP contribution is 2.24. The lowest BCUT2D eigenvalue weighted by Gasteiger charge is -2.04. The summed E-state index contributed by atoms with van der Waals surface area (Å²) in [5.74, 6) is -0.0763. The molecule has 0 aliphatic carbocycles. The van der Waals surface area contributed by atoms with Crippen LogP contribution in [0.25, 0.3) is 10.2 Å². The summed E-state index contributed by atoms with van der Waals surface area (Å²) in [4.78, 5) is 17.1. The summed E-state index contributed by atoms with van der Waals surface area (Å²) in [5.41, 5.74) is 3.56. The molecular formula is C16H16N2O2S. The zero-order valence-corrected chi connectivity index (χ0v) is 13.0. The second-order valence-corrected chi connectivity index (χ2v) is 5.88. The number of furan rings is 1. The van der Waals surface area contributed by atoms with Gasteiger partial charge in [-0.2, -0.15) is 4.99 Å². The van der Waals surface area contributed by atoms with Gasteiger partial charge in [0.15, 0.2) is 10.6 Å². The first-order chi connectivity index (χ1) is 10.1. The van der Waals surface area contributed by atoms with E-state index in [0.29, 0.717) is 4.80 Å². The smallest absolute Gasteiger partial charge is 0.315 e. The van der Waals surface area contributed by atoms with Gasteiger partial charge in [-0.3, -0.25) is 4.79 Å².